The van der Waals surface area contributed by atoms with Gasteiger partial charge in [-0.2, -0.15) is 0 Å². The number of hydrogen-bond acceptors (Lipinski definition) is 2. The Kier molecular flexibility index (Phi) is 3.44. The monoisotopic (exact) mass is 213 g/mol. The van der Waals surface area contributed by atoms with Gasteiger partial charge in [-0.3, -0.25) is 4.79 Å². The Morgan fingerprint density at radius 3 is 2.20 bits per heavy atom. The first kappa shape index (κ1) is 12.5. The topological polar surface area (TPSA) is 29.5 Å². The highest BCUT2D eigenvalue weighted by molar-refractivity contribution is 5.81. The number of carbonyl (C=O) groups excluding carboxylic acids is 1. The van der Waals surface area contributed by atoms with Crippen LogP contribution in [0.3, 0.4) is 0 Å². The summed E-state index contributed by atoms with van der Waals surface area (Å²) in [7, 11) is 0. The van der Waals surface area contributed by atoms with E-state index < -0.39 is 0 Å². The molecule has 1 rings (SSSR count). The van der Waals surface area contributed by atoms with Crippen LogP contribution in [0.15, 0.2) is 0 Å². The summed E-state index contributed by atoms with van der Waals surface area (Å²) in [6.07, 6.45) is 0. The van der Waals surface area contributed by atoms with E-state index in [-0.39, 0.29) is 16.7 Å². The fraction of sp³-hybridized carbons (Fsp3) is 0.917. The van der Waals surface area contributed by atoms with E-state index in [1.165, 1.54) is 0 Å². The highest BCUT2D eigenvalue weighted by Crippen LogP contribution is 2.29. The van der Waals surface area contributed by atoms with Crippen molar-refractivity contribution in [3.63, 3.8) is 0 Å². The average molecular weight is 213 g/mol. The van der Waals surface area contributed by atoms with E-state index in [1.54, 1.807) is 0 Å². The SMILES string of the molecule is CCN(CC1(C)COC1)C(=O)C(C)(C)C. The minimum Gasteiger partial charge on any atom is -0.380 e. The van der Waals surface area contributed by atoms with Gasteiger partial charge in [-0.25, -0.2) is 0 Å². The molecule has 0 saturated carbocycles. The molecule has 15 heavy (non-hydrogen) atoms. The lowest BCUT2D eigenvalue weighted by atomic mass is 9.86. The van der Waals surface area contributed by atoms with E-state index in [0.717, 1.165) is 26.3 Å². The third-order valence-corrected chi connectivity index (χ3v) is 2.78. The molecule has 1 heterocycles. The van der Waals surface area contributed by atoms with Crippen LogP contribution in [0.25, 0.3) is 0 Å². The molecule has 0 radical (unpaired) electrons. The Hall–Kier alpha value is -0.570. The minimum atomic E-state index is -0.281. The van der Waals surface area contributed by atoms with Crippen molar-refractivity contribution in [1.29, 1.82) is 0 Å². The normalized spacial score (nSPS) is 19.5. The number of nitrogens with zero attached hydrogens (tertiary/aromatic N) is 1. The Bertz CT molecular complexity index is 238. The van der Waals surface area contributed by atoms with Gasteiger partial charge in [0.1, 0.15) is 0 Å². The van der Waals surface area contributed by atoms with Crippen molar-refractivity contribution in [2.45, 2.75) is 34.6 Å². The lowest BCUT2D eigenvalue weighted by molar-refractivity contribution is -0.150. The Morgan fingerprint density at radius 2 is 1.93 bits per heavy atom. The van der Waals surface area contributed by atoms with Crippen LogP contribution in [-0.2, 0) is 9.53 Å². The molecule has 1 fully saturated rings. The Morgan fingerprint density at radius 1 is 1.40 bits per heavy atom. The van der Waals surface area contributed by atoms with Gasteiger partial charge >= 0.3 is 0 Å². The average Bonchev–Trinajstić information content (AvgIpc) is 2.08. The van der Waals surface area contributed by atoms with Crippen LogP contribution < -0.4 is 0 Å². The second kappa shape index (κ2) is 4.12. The van der Waals surface area contributed by atoms with E-state index in [9.17, 15) is 4.79 Å². The van der Waals surface area contributed by atoms with Gasteiger partial charge in [-0.1, -0.05) is 27.7 Å². The highest BCUT2D eigenvalue weighted by atomic mass is 16.5. The van der Waals surface area contributed by atoms with Crippen LogP contribution in [0.4, 0.5) is 0 Å². The van der Waals surface area contributed by atoms with Crippen molar-refractivity contribution >= 4 is 5.91 Å². The third kappa shape index (κ3) is 2.94. The van der Waals surface area contributed by atoms with Crippen LogP contribution in [-0.4, -0.2) is 37.1 Å². The molecule has 3 heteroatoms. The summed E-state index contributed by atoms with van der Waals surface area (Å²) in [6, 6.07) is 0. The maximum atomic E-state index is 12.1. The lowest BCUT2D eigenvalue weighted by Crippen LogP contribution is -2.52. The van der Waals surface area contributed by atoms with Crippen molar-refractivity contribution in [3.8, 4) is 0 Å². The molecule has 1 amide bonds. The predicted octanol–water partition coefficient (Wildman–Crippen LogP) is 1.92. The molecule has 0 aromatic heterocycles. The number of rotatable bonds is 3. The van der Waals surface area contributed by atoms with E-state index in [2.05, 4.69) is 6.92 Å². The molecule has 0 aromatic carbocycles. The first-order valence-corrected chi connectivity index (χ1v) is 5.66. The molecule has 0 bridgehead atoms. The fourth-order valence-electron chi connectivity index (χ4n) is 1.80. The summed E-state index contributed by atoms with van der Waals surface area (Å²) >= 11 is 0. The summed E-state index contributed by atoms with van der Waals surface area (Å²) in [5, 5.41) is 0. The van der Waals surface area contributed by atoms with Crippen molar-refractivity contribution in [1.82, 2.24) is 4.90 Å². The molecular formula is C12H23NO2. The molecule has 1 saturated heterocycles. The second-order valence-corrected chi connectivity index (χ2v) is 5.87. The summed E-state index contributed by atoms with van der Waals surface area (Å²) < 4.78 is 5.21. The molecule has 0 N–H and O–H groups in total. The third-order valence-electron chi connectivity index (χ3n) is 2.78. The smallest absolute Gasteiger partial charge is 0.227 e. The maximum Gasteiger partial charge on any atom is 0.227 e. The molecule has 0 atom stereocenters. The fourth-order valence-corrected chi connectivity index (χ4v) is 1.80. The van der Waals surface area contributed by atoms with Gasteiger partial charge in [-0.15, -0.1) is 0 Å². The van der Waals surface area contributed by atoms with Crippen LogP contribution in [0.2, 0.25) is 0 Å². The van der Waals surface area contributed by atoms with Gasteiger partial charge in [0.2, 0.25) is 5.91 Å². The number of hydrogen-bond donors (Lipinski definition) is 0. The van der Waals surface area contributed by atoms with Crippen LogP contribution >= 0.6 is 0 Å². The van der Waals surface area contributed by atoms with Gasteiger partial charge in [0.05, 0.1) is 13.2 Å². The first-order chi connectivity index (χ1) is 6.78. The van der Waals surface area contributed by atoms with Gasteiger partial charge in [0.15, 0.2) is 0 Å². The zero-order valence-electron chi connectivity index (χ0n) is 10.6. The molecule has 1 aliphatic rings. The number of ether oxygens (including phenoxy) is 1. The van der Waals surface area contributed by atoms with Gasteiger partial charge in [-0.05, 0) is 6.92 Å². The Labute approximate surface area is 92.8 Å². The van der Waals surface area contributed by atoms with Gasteiger partial charge in [0.25, 0.3) is 0 Å². The molecule has 1 aliphatic heterocycles. The molecule has 0 aromatic rings. The molecule has 0 aliphatic carbocycles. The quantitative estimate of drug-likeness (QED) is 0.717. The van der Waals surface area contributed by atoms with Gasteiger partial charge in [0, 0.05) is 23.9 Å². The standard InChI is InChI=1S/C12H23NO2/c1-6-13(10(14)11(2,3)4)7-12(5)8-15-9-12/h6-9H2,1-5H3. The maximum absolute atomic E-state index is 12.1. The summed E-state index contributed by atoms with van der Waals surface area (Å²) in [5.41, 5.74) is -0.103. The lowest BCUT2D eigenvalue weighted by Gasteiger charge is -2.42. The van der Waals surface area contributed by atoms with Gasteiger partial charge < -0.3 is 9.64 Å². The number of carbonyl (C=O) groups is 1. The molecule has 0 unspecified atom stereocenters. The van der Waals surface area contributed by atoms with Crippen molar-refractivity contribution in [2.24, 2.45) is 10.8 Å². The van der Waals surface area contributed by atoms with Crippen LogP contribution in [0.1, 0.15) is 34.6 Å². The van der Waals surface area contributed by atoms with Crippen molar-refractivity contribution in [3.05, 3.63) is 0 Å². The van der Waals surface area contributed by atoms with E-state index in [1.807, 2.05) is 32.6 Å². The van der Waals surface area contributed by atoms with Crippen molar-refractivity contribution in [2.75, 3.05) is 26.3 Å². The highest BCUT2D eigenvalue weighted by Gasteiger charge is 2.38. The molecule has 3 nitrogen and oxygen atoms in total. The predicted molar refractivity (Wildman–Crippen MR) is 60.6 cm³/mol. The van der Waals surface area contributed by atoms with E-state index in [4.69, 9.17) is 4.74 Å². The first-order valence-electron chi connectivity index (χ1n) is 5.66. The summed E-state index contributed by atoms with van der Waals surface area (Å²) in [6.45, 7) is 13.3. The molecular weight excluding hydrogens is 190 g/mol. The summed E-state index contributed by atoms with van der Waals surface area (Å²) in [4.78, 5) is 14.0. The largest absolute Gasteiger partial charge is 0.380 e. The molecule has 0 spiro atoms. The second-order valence-electron chi connectivity index (χ2n) is 5.87. The summed E-state index contributed by atoms with van der Waals surface area (Å²) in [5.74, 6) is 0.234. The zero-order valence-corrected chi connectivity index (χ0v) is 10.6. The zero-order chi connectivity index (χ0) is 11.7. The van der Waals surface area contributed by atoms with E-state index >= 15 is 0 Å². The van der Waals surface area contributed by atoms with E-state index in [0.29, 0.717) is 0 Å². The Balaban J connectivity index is 2.59. The van der Waals surface area contributed by atoms with Crippen LogP contribution in [0, 0.1) is 10.8 Å². The van der Waals surface area contributed by atoms with Crippen molar-refractivity contribution < 1.29 is 9.53 Å². The minimum absolute atomic E-state index is 0.178. The number of amides is 1. The molecule has 88 valence electrons. The van der Waals surface area contributed by atoms with Crippen LogP contribution in [0.5, 0.6) is 0 Å².